The van der Waals surface area contributed by atoms with Crippen molar-refractivity contribution in [3.63, 3.8) is 0 Å². The fraction of sp³-hybridized carbons (Fsp3) is 0.667. The summed E-state index contributed by atoms with van der Waals surface area (Å²) in [5.74, 6) is 1.05. The van der Waals surface area contributed by atoms with Gasteiger partial charge < -0.3 is 10.1 Å². The molecule has 0 atom stereocenters. The summed E-state index contributed by atoms with van der Waals surface area (Å²) in [6.07, 6.45) is 5.10. The fourth-order valence-corrected chi connectivity index (χ4v) is 4.12. The van der Waals surface area contributed by atoms with Gasteiger partial charge in [-0.25, -0.2) is 0 Å². The Bertz CT molecular complexity index is 454. The second kappa shape index (κ2) is 5.77. The second-order valence-corrected chi connectivity index (χ2v) is 6.58. The van der Waals surface area contributed by atoms with E-state index < -0.39 is 0 Å². The molecule has 0 radical (unpaired) electrons. The number of ether oxygens (including phenoxy) is 1. The molecule has 0 amide bonds. The van der Waals surface area contributed by atoms with E-state index in [0.29, 0.717) is 5.41 Å². The Labute approximate surface area is 123 Å². The Kier molecular flexibility index (Phi) is 4.43. The van der Waals surface area contributed by atoms with Gasteiger partial charge in [-0.2, -0.15) is 0 Å². The Morgan fingerprint density at radius 2 is 1.85 bits per heavy atom. The predicted octanol–water partition coefficient (Wildman–Crippen LogP) is 4.06. The van der Waals surface area contributed by atoms with E-state index in [1.165, 1.54) is 36.8 Å². The van der Waals surface area contributed by atoms with Crippen molar-refractivity contribution in [1.82, 2.24) is 5.32 Å². The molecule has 0 unspecified atom stereocenters. The normalized spacial score (nSPS) is 19.4. The smallest absolute Gasteiger partial charge is 0.122 e. The molecule has 0 spiro atoms. The number of nitrogens with one attached hydrogen (secondary N) is 1. The van der Waals surface area contributed by atoms with Crippen LogP contribution in [-0.2, 0) is 5.41 Å². The van der Waals surface area contributed by atoms with Crippen LogP contribution < -0.4 is 10.1 Å². The molecule has 1 N–H and O–H groups in total. The van der Waals surface area contributed by atoms with Crippen LogP contribution in [0.4, 0.5) is 0 Å². The largest absolute Gasteiger partial charge is 0.496 e. The lowest BCUT2D eigenvalue weighted by molar-refractivity contribution is 0.0126. The van der Waals surface area contributed by atoms with Crippen LogP contribution in [0.3, 0.4) is 0 Å². The summed E-state index contributed by atoms with van der Waals surface area (Å²) in [7, 11) is 3.84. The third-order valence-corrected chi connectivity index (χ3v) is 5.37. The molecule has 1 aromatic rings. The van der Waals surface area contributed by atoms with E-state index >= 15 is 0 Å². The molecule has 2 rings (SSSR count). The first-order chi connectivity index (χ1) is 9.54. The minimum atomic E-state index is 0.248. The van der Waals surface area contributed by atoms with E-state index in [1.807, 2.05) is 0 Å². The second-order valence-electron chi connectivity index (χ2n) is 6.58. The van der Waals surface area contributed by atoms with Gasteiger partial charge in [0.15, 0.2) is 0 Å². The van der Waals surface area contributed by atoms with Crippen LogP contribution in [0.1, 0.15) is 50.7 Å². The number of hydrogen-bond donors (Lipinski definition) is 1. The van der Waals surface area contributed by atoms with Gasteiger partial charge in [0.1, 0.15) is 5.75 Å². The molecule has 0 aromatic heterocycles. The van der Waals surface area contributed by atoms with E-state index in [0.717, 1.165) is 12.3 Å². The molecule has 20 heavy (non-hydrogen) atoms. The van der Waals surface area contributed by atoms with Crippen LogP contribution in [0.5, 0.6) is 5.75 Å². The van der Waals surface area contributed by atoms with Crippen molar-refractivity contribution < 1.29 is 4.74 Å². The number of aryl methyl sites for hydroxylation is 1. The van der Waals surface area contributed by atoms with Gasteiger partial charge in [-0.3, -0.25) is 0 Å². The summed E-state index contributed by atoms with van der Waals surface area (Å²) in [5.41, 5.74) is 3.50. The highest BCUT2D eigenvalue weighted by atomic mass is 16.5. The number of methoxy groups -OCH3 is 1. The molecular formula is C18H29NO. The predicted molar refractivity (Wildman–Crippen MR) is 85.6 cm³/mol. The summed E-state index contributed by atoms with van der Waals surface area (Å²) >= 11 is 0. The van der Waals surface area contributed by atoms with Crippen molar-refractivity contribution in [2.24, 2.45) is 5.41 Å². The van der Waals surface area contributed by atoms with Crippen LogP contribution in [0, 0.1) is 12.3 Å². The third kappa shape index (κ3) is 2.46. The van der Waals surface area contributed by atoms with E-state index in [1.54, 1.807) is 7.11 Å². The van der Waals surface area contributed by atoms with Crippen LogP contribution >= 0.6 is 0 Å². The van der Waals surface area contributed by atoms with Crippen molar-refractivity contribution in [1.29, 1.82) is 0 Å². The van der Waals surface area contributed by atoms with E-state index in [9.17, 15) is 0 Å². The summed E-state index contributed by atoms with van der Waals surface area (Å²) in [6, 6.07) is 6.59. The lowest BCUT2D eigenvalue weighted by Crippen LogP contribution is -2.54. The molecular weight excluding hydrogens is 246 g/mol. The van der Waals surface area contributed by atoms with Gasteiger partial charge in [0, 0.05) is 17.5 Å². The SMILES string of the molecule is CCC1(CC)CC(CNC)(c2cc(C)ccc2OC)C1. The zero-order valence-corrected chi connectivity index (χ0v) is 13.7. The maximum Gasteiger partial charge on any atom is 0.122 e. The Balaban J connectivity index is 2.38. The Morgan fingerprint density at radius 1 is 1.20 bits per heavy atom. The minimum Gasteiger partial charge on any atom is -0.496 e. The summed E-state index contributed by atoms with van der Waals surface area (Å²) in [5, 5.41) is 3.41. The van der Waals surface area contributed by atoms with Gasteiger partial charge in [0.05, 0.1) is 7.11 Å². The summed E-state index contributed by atoms with van der Waals surface area (Å²) < 4.78 is 5.64. The van der Waals surface area contributed by atoms with E-state index in [2.05, 4.69) is 51.3 Å². The standard InChI is InChI=1S/C18H29NO/c1-6-17(7-2)11-18(12-17,13-19-4)15-10-14(3)8-9-16(15)20-5/h8-10,19H,6-7,11-13H2,1-5H3. The van der Waals surface area contributed by atoms with Crippen LogP contribution in [0.2, 0.25) is 0 Å². The molecule has 1 aromatic carbocycles. The highest BCUT2D eigenvalue weighted by molar-refractivity contribution is 5.45. The molecule has 0 aliphatic heterocycles. The number of likely N-dealkylation sites (N-methyl/N-ethyl adjacent to an activating group) is 1. The van der Waals surface area contributed by atoms with Crippen molar-refractivity contribution in [2.75, 3.05) is 20.7 Å². The van der Waals surface area contributed by atoms with Crippen LogP contribution in [-0.4, -0.2) is 20.7 Å². The molecule has 1 aliphatic rings. The molecule has 1 saturated carbocycles. The topological polar surface area (TPSA) is 21.3 Å². The van der Waals surface area contributed by atoms with Crippen molar-refractivity contribution >= 4 is 0 Å². The van der Waals surface area contributed by atoms with E-state index in [-0.39, 0.29) is 5.41 Å². The molecule has 0 saturated heterocycles. The van der Waals surface area contributed by atoms with Crippen molar-refractivity contribution in [2.45, 2.75) is 51.9 Å². The Hall–Kier alpha value is -1.02. The average molecular weight is 275 g/mol. The molecule has 112 valence electrons. The first kappa shape index (κ1) is 15.4. The average Bonchev–Trinajstić information content (AvgIpc) is 2.42. The molecule has 1 aliphatic carbocycles. The fourth-order valence-electron chi connectivity index (χ4n) is 4.12. The highest BCUT2D eigenvalue weighted by Gasteiger charge is 2.53. The zero-order valence-electron chi connectivity index (χ0n) is 13.7. The van der Waals surface area contributed by atoms with Gasteiger partial charge in [0.25, 0.3) is 0 Å². The maximum absolute atomic E-state index is 5.64. The van der Waals surface area contributed by atoms with Gasteiger partial charge in [0.2, 0.25) is 0 Å². The lowest BCUT2D eigenvalue weighted by atomic mass is 9.48. The van der Waals surface area contributed by atoms with Crippen molar-refractivity contribution in [3.05, 3.63) is 29.3 Å². The van der Waals surface area contributed by atoms with Gasteiger partial charge >= 0.3 is 0 Å². The number of benzene rings is 1. The van der Waals surface area contributed by atoms with Crippen molar-refractivity contribution in [3.8, 4) is 5.75 Å². The van der Waals surface area contributed by atoms with Gasteiger partial charge in [-0.05, 0) is 38.3 Å². The maximum atomic E-state index is 5.64. The monoisotopic (exact) mass is 275 g/mol. The lowest BCUT2D eigenvalue weighted by Gasteiger charge is -2.57. The third-order valence-electron chi connectivity index (χ3n) is 5.37. The first-order valence-corrected chi connectivity index (χ1v) is 7.84. The highest BCUT2D eigenvalue weighted by Crippen LogP contribution is 2.60. The molecule has 2 nitrogen and oxygen atoms in total. The molecule has 2 heteroatoms. The zero-order chi connectivity index (χ0) is 14.8. The quantitative estimate of drug-likeness (QED) is 0.845. The van der Waals surface area contributed by atoms with Crippen LogP contribution in [0.25, 0.3) is 0 Å². The molecule has 0 heterocycles. The number of hydrogen-bond acceptors (Lipinski definition) is 2. The van der Waals surface area contributed by atoms with E-state index in [4.69, 9.17) is 4.74 Å². The molecule has 1 fully saturated rings. The summed E-state index contributed by atoms with van der Waals surface area (Å²) in [4.78, 5) is 0. The number of rotatable bonds is 6. The molecule has 0 bridgehead atoms. The Morgan fingerprint density at radius 3 is 2.35 bits per heavy atom. The van der Waals surface area contributed by atoms with Crippen LogP contribution in [0.15, 0.2) is 18.2 Å². The van der Waals surface area contributed by atoms with Gasteiger partial charge in [-0.15, -0.1) is 0 Å². The van der Waals surface area contributed by atoms with Gasteiger partial charge in [-0.1, -0.05) is 44.4 Å². The minimum absolute atomic E-state index is 0.248. The first-order valence-electron chi connectivity index (χ1n) is 7.84. The summed E-state index contributed by atoms with van der Waals surface area (Å²) in [6.45, 7) is 7.87.